The van der Waals surface area contributed by atoms with Crippen molar-refractivity contribution in [2.75, 3.05) is 18.6 Å². The van der Waals surface area contributed by atoms with E-state index in [1.807, 2.05) is 13.0 Å². The van der Waals surface area contributed by atoms with E-state index in [4.69, 9.17) is 4.74 Å². The normalized spacial score (nSPS) is 19.2. The number of carbonyl (C=O) groups excluding carboxylic acids is 1. The molecule has 0 N–H and O–H groups in total. The molecule has 1 aromatic rings. The summed E-state index contributed by atoms with van der Waals surface area (Å²) in [6.45, 7) is 2.96. The third-order valence-corrected chi connectivity index (χ3v) is 3.31. The van der Waals surface area contributed by atoms with Crippen LogP contribution in [0.3, 0.4) is 0 Å². The number of rotatable bonds is 2. The zero-order valence-electron chi connectivity index (χ0n) is 9.37. The van der Waals surface area contributed by atoms with Crippen LogP contribution < -0.4 is 4.90 Å². The first-order valence-electron chi connectivity index (χ1n) is 5.23. The Morgan fingerprint density at radius 3 is 2.75 bits per heavy atom. The molecule has 1 saturated heterocycles. The van der Waals surface area contributed by atoms with E-state index in [1.165, 1.54) is 12.7 Å². The lowest BCUT2D eigenvalue weighted by molar-refractivity contribution is -0.143. The number of carbonyl (C=O) groups is 1. The van der Waals surface area contributed by atoms with Gasteiger partial charge < -0.3 is 9.64 Å². The molecule has 0 radical (unpaired) electrons. The van der Waals surface area contributed by atoms with Gasteiger partial charge in [-0.3, -0.25) is 0 Å². The smallest absolute Gasteiger partial charge is 0.328 e. The molecular weight excluding hydrogens is 270 g/mol. The molecule has 86 valence electrons. The molecule has 1 aromatic carbocycles. The minimum absolute atomic E-state index is 0.112. The highest BCUT2D eigenvalue weighted by atomic mass is 79.9. The summed E-state index contributed by atoms with van der Waals surface area (Å²) in [5.74, 6) is -0.149. The lowest BCUT2D eigenvalue weighted by Gasteiger charge is -2.40. The van der Waals surface area contributed by atoms with Gasteiger partial charge in [-0.2, -0.15) is 0 Å². The molecule has 1 heterocycles. The van der Waals surface area contributed by atoms with E-state index >= 15 is 0 Å². The molecule has 1 fully saturated rings. The van der Waals surface area contributed by atoms with E-state index in [2.05, 4.69) is 33.0 Å². The van der Waals surface area contributed by atoms with Crippen LogP contribution in [0.2, 0.25) is 0 Å². The number of aryl methyl sites for hydroxylation is 1. The summed E-state index contributed by atoms with van der Waals surface area (Å²) in [6, 6.07) is 6.05. The summed E-state index contributed by atoms with van der Waals surface area (Å²) in [5.41, 5.74) is 2.26. The van der Waals surface area contributed by atoms with Gasteiger partial charge in [0.05, 0.1) is 7.11 Å². The molecule has 1 aliphatic heterocycles. The Hall–Kier alpha value is -1.03. The summed E-state index contributed by atoms with van der Waals surface area (Å²) in [5, 5.41) is 0. The molecule has 0 aliphatic carbocycles. The lowest BCUT2D eigenvalue weighted by Crippen LogP contribution is -2.53. The average Bonchev–Trinajstić information content (AvgIpc) is 2.14. The van der Waals surface area contributed by atoms with Crippen LogP contribution in [-0.4, -0.2) is 25.7 Å². The zero-order valence-corrected chi connectivity index (χ0v) is 11.0. The Morgan fingerprint density at radius 2 is 2.25 bits per heavy atom. The van der Waals surface area contributed by atoms with Gasteiger partial charge in [0.2, 0.25) is 0 Å². The number of nitrogens with zero attached hydrogens (tertiary/aromatic N) is 1. The van der Waals surface area contributed by atoms with Crippen molar-refractivity contribution in [2.45, 2.75) is 19.4 Å². The van der Waals surface area contributed by atoms with Crippen LogP contribution in [0.4, 0.5) is 5.69 Å². The first kappa shape index (κ1) is 11.5. The monoisotopic (exact) mass is 283 g/mol. The van der Waals surface area contributed by atoms with Gasteiger partial charge in [-0.05, 0) is 37.1 Å². The third-order valence-electron chi connectivity index (χ3n) is 2.85. The highest BCUT2D eigenvalue weighted by Crippen LogP contribution is 2.30. The maximum absolute atomic E-state index is 11.5. The van der Waals surface area contributed by atoms with Crippen LogP contribution in [0.15, 0.2) is 22.7 Å². The quantitative estimate of drug-likeness (QED) is 0.781. The van der Waals surface area contributed by atoms with Gasteiger partial charge >= 0.3 is 5.97 Å². The van der Waals surface area contributed by atoms with E-state index < -0.39 is 0 Å². The average molecular weight is 284 g/mol. The number of ether oxygens (including phenoxy) is 1. The molecule has 0 saturated carbocycles. The second kappa shape index (κ2) is 4.45. The van der Waals surface area contributed by atoms with E-state index in [0.29, 0.717) is 0 Å². The summed E-state index contributed by atoms with van der Waals surface area (Å²) < 4.78 is 5.81. The van der Waals surface area contributed by atoms with Gasteiger partial charge in [0, 0.05) is 16.7 Å². The fourth-order valence-electron chi connectivity index (χ4n) is 1.96. The number of anilines is 1. The molecule has 0 aromatic heterocycles. The van der Waals surface area contributed by atoms with Gasteiger partial charge in [0.1, 0.15) is 6.04 Å². The maximum atomic E-state index is 11.5. The number of esters is 1. The van der Waals surface area contributed by atoms with Crippen molar-refractivity contribution in [3.05, 3.63) is 28.2 Å². The van der Waals surface area contributed by atoms with Crippen LogP contribution >= 0.6 is 15.9 Å². The lowest BCUT2D eigenvalue weighted by atomic mass is 10.0. The first-order valence-corrected chi connectivity index (χ1v) is 6.03. The Balaban J connectivity index is 2.21. The molecule has 1 atom stereocenters. The van der Waals surface area contributed by atoms with Crippen LogP contribution in [0.1, 0.15) is 12.0 Å². The number of hydrogen-bond acceptors (Lipinski definition) is 3. The minimum Gasteiger partial charge on any atom is -0.467 e. The molecule has 0 spiro atoms. The van der Waals surface area contributed by atoms with E-state index in [1.54, 1.807) is 0 Å². The predicted octanol–water partition coefficient (Wildman–Crippen LogP) is 2.51. The van der Waals surface area contributed by atoms with Gasteiger partial charge in [-0.15, -0.1) is 0 Å². The Morgan fingerprint density at radius 1 is 1.50 bits per heavy atom. The van der Waals surface area contributed by atoms with E-state index in [0.717, 1.165) is 23.1 Å². The highest BCUT2D eigenvalue weighted by molar-refractivity contribution is 9.10. The standard InChI is InChI=1S/C12H14BrNO2/c1-8-5-9(13)7-10(6-8)14-4-3-11(14)12(15)16-2/h5-7,11H,3-4H2,1-2H3. The third kappa shape index (κ3) is 2.07. The van der Waals surface area contributed by atoms with Crippen molar-refractivity contribution in [2.24, 2.45) is 0 Å². The zero-order chi connectivity index (χ0) is 11.7. The van der Waals surface area contributed by atoms with Crippen molar-refractivity contribution in [3.63, 3.8) is 0 Å². The Bertz CT molecular complexity index is 399. The van der Waals surface area contributed by atoms with Crippen LogP contribution in [0.5, 0.6) is 0 Å². The molecule has 1 unspecified atom stereocenters. The summed E-state index contributed by atoms with van der Waals surface area (Å²) in [4.78, 5) is 13.5. The first-order chi connectivity index (χ1) is 7.61. The summed E-state index contributed by atoms with van der Waals surface area (Å²) >= 11 is 3.47. The Kier molecular flexibility index (Phi) is 3.19. The predicted molar refractivity (Wildman–Crippen MR) is 66.6 cm³/mol. The van der Waals surface area contributed by atoms with Crippen molar-refractivity contribution < 1.29 is 9.53 Å². The number of benzene rings is 1. The van der Waals surface area contributed by atoms with Crippen molar-refractivity contribution in [1.82, 2.24) is 0 Å². The van der Waals surface area contributed by atoms with Gasteiger partial charge in [-0.25, -0.2) is 4.79 Å². The SMILES string of the molecule is COC(=O)C1CCN1c1cc(C)cc(Br)c1. The highest BCUT2D eigenvalue weighted by Gasteiger charge is 2.35. The van der Waals surface area contributed by atoms with Crippen LogP contribution in [-0.2, 0) is 9.53 Å². The summed E-state index contributed by atoms with van der Waals surface area (Å²) in [6.07, 6.45) is 0.873. The molecule has 4 heteroatoms. The fourth-order valence-corrected chi connectivity index (χ4v) is 2.56. The number of methoxy groups -OCH3 is 1. The Labute approximate surface area is 104 Å². The second-order valence-corrected chi connectivity index (χ2v) is 4.92. The molecule has 2 rings (SSSR count). The molecule has 16 heavy (non-hydrogen) atoms. The van der Waals surface area contributed by atoms with Crippen molar-refractivity contribution >= 4 is 27.6 Å². The maximum Gasteiger partial charge on any atom is 0.328 e. The van der Waals surface area contributed by atoms with Gasteiger partial charge in [0.25, 0.3) is 0 Å². The molecule has 3 nitrogen and oxygen atoms in total. The number of halogens is 1. The second-order valence-electron chi connectivity index (χ2n) is 4.01. The van der Waals surface area contributed by atoms with Gasteiger partial charge in [0.15, 0.2) is 0 Å². The van der Waals surface area contributed by atoms with Crippen molar-refractivity contribution in [3.8, 4) is 0 Å². The van der Waals surface area contributed by atoms with E-state index in [9.17, 15) is 4.79 Å². The molecular formula is C12H14BrNO2. The van der Waals surface area contributed by atoms with Crippen LogP contribution in [0, 0.1) is 6.92 Å². The molecule has 1 aliphatic rings. The van der Waals surface area contributed by atoms with E-state index in [-0.39, 0.29) is 12.0 Å². The van der Waals surface area contributed by atoms with Crippen molar-refractivity contribution in [1.29, 1.82) is 0 Å². The molecule has 0 amide bonds. The van der Waals surface area contributed by atoms with Crippen LogP contribution in [0.25, 0.3) is 0 Å². The fraction of sp³-hybridized carbons (Fsp3) is 0.417. The topological polar surface area (TPSA) is 29.5 Å². The largest absolute Gasteiger partial charge is 0.467 e. The summed E-state index contributed by atoms with van der Waals surface area (Å²) in [7, 11) is 1.44. The van der Waals surface area contributed by atoms with Gasteiger partial charge in [-0.1, -0.05) is 15.9 Å². The minimum atomic E-state index is -0.149. The molecule has 0 bridgehead atoms. The number of hydrogen-bond donors (Lipinski definition) is 0.